The molecular weight excluding hydrogens is 651 g/mol. The van der Waals surface area contributed by atoms with E-state index in [0.717, 1.165) is 40.7 Å². The van der Waals surface area contributed by atoms with Crippen LogP contribution in [0.25, 0.3) is 60.3 Å². The Bertz CT molecular complexity index is 2830. The first-order valence-electron chi connectivity index (χ1n) is 18.0. The highest BCUT2D eigenvalue weighted by Gasteiger charge is 2.25. The third-order valence-corrected chi connectivity index (χ3v) is 12.0. The number of hydrogen-bond acceptors (Lipinski definition) is 3. The lowest BCUT2D eigenvalue weighted by Crippen LogP contribution is -2.34. The molecule has 5 aromatic carbocycles. The predicted octanol–water partition coefficient (Wildman–Crippen LogP) is 10.9. The van der Waals surface area contributed by atoms with Crippen molar-refractivity contribution in [2.75, 3.05) is 11.9 Å². The molecule has 10 rings (SSSR count). The Balaban J connectivity index is 1.25. The van der Waals surface area contributed by atoms with Crippen LogP contribution in [0.3, 0.4) is 0 Å². The van der Waals surface area contributed by atoms with Crippen LogP contribution in [-0.4, -0.2) is 16.5 Å². The van der Waals surface area contributed by atoms with E-state index in [4.69, 9.17) is 6.58 Å². The lowest BCUT2D eigenvalue weighted by atomic mass is 9.94. The van der Waals surface area contributed by atoms with Crippen LogP contribution in [-0.2, 0) is 0 Å². The summed E-state index contributed by atoms with van der Waals surface area (Å²) in [4.78, 5) is 4.82. The molecule has 4 heterocycles. The Morgan fingerprint density at radius 2 is 1.60 bits per heavy atom. The standard InChI is InChI=1S/C48H37N3S/c1-32-29-40-45(51(36-19-10-5-11-20-36)44-28-26-38-37-21-12-13-24-46(37)52-48(38)47(40)44)31-50(35-17-8-4-9-18-35)43-27-25-34(30-39(32)43)42-23-14-22-41(49(42)2)33-15-6-3-7-16-33/h3-8,10-17,19-31,41H,1,9,18H2,2H3/b40-29+,45-31+. The van der Waals surface area contributed by atoms with Crippen molar-refractivity contribution in [3.05, 3.63) is 191 Å². The zero-order valence-corrected chi connectivity index (χ0v) is 29.9. The van der Waals surface area contributed by atoms with Gasteiger partial charge in [-0.25, -0.2) is 0 Å². The minimum Gasteiger partial charge on any atom is -0.364 e. The van der Waals surface area contributed by atoms with Crippen molar-refractivity contribution in [2.45, 2.75) is 18.9 Å². The Kier molecular flexibility index (Phi) is 7.26. The van der Waals surface area contributed by atoms with E-state index >= 15 is 0 Å². The summed E-state index contributed by atoms with van der Waals surface area (Å²) in [6, 6.07) is 42.1. The van der Waals surface area contributed by atoms with E-state index in [1.54, 1.807) is 0 Å². The van der Waals surface area contributed by atoms with Crippen molar-refractivity contribution in [1.82, 2.24) is 9.47 Å². The molecule has 1 unspecified atom stereocenters. The number of anilines is 1. The van der Waals surface area contributed by atoms with Gasteiger partial charge in [-0.15, -0.1) is 11.3 Å². The van der Waals surface area contributed by atoms with Gasteiger partial charge in [-0.1, -0.05) is 110 Å². The smallest absolute Gasteiger partial charge is 0.0726 e. The molecule has 250 valence electrons. The van der Waals surface area contributed by atoms with Crippen molar-refractivity contribution >= 4 is 71.6 Å². The molecule has 0 amide bonds. The summed E-state index contributed by atoms with van der Waals surface area (Å²) in [5.74, 6) is 0. The van der Waals surface area contributed by atoms with E-state index in [-0.39, 0.29) is 6.04 Å². The largest absolute Gasteiger partial charge is 0.364 e. The second kappa shape index (κ2) is 12.3. The summed E-state index contributed by atoms with van der Waals surface area (Å²) in [6.45, 7) is 4.83. The monoisotopic (exact) mass is 687 g/mol. The number of likely N-dealkylation sites (N-methyl/N-ethyl adjacent to an activating group) is 1. The topological polar surface area (TPSA) is 11.4 Å². The van der Waals surface area contributed by atoms with E-state index in [9.17, 15) is 0 Å². The van der Waals surface area contributed by atoms with Gasteiger partial charge in [0, 0.05) is 66.7 Å². The number of fused-ring (bicyclic) bond motifs is 8. The van der Waals surface area contributed by atoms with Crippen molar-refractivity contribution in [2.24, 2.45) is 0 Å². The fourth-order valence-electron chi connectivity index (χ4n) is 8.30. The summed E-state index contributed by atoms with van der Waals surface area (Å²) < 4.78 is 5.07. The maximum Gasteiger partial charge on any atom is 0.0726 e. The Morgan fingerprint density at radius 3 is 2.42 bits per heavy atom. The molecule has 7 aromatic rings. The summed E-state index contributed by atoms with van der Waals surface area (Å²) >= 11 is 1.89. The molecule has 3 aliphatic rings. The van der Waals surface area contributed by atoms with Crippen LogP contribution in [0.5, 0.6) is 0 Å². The number of hydrogen-bond donors (Lipinski definition) is 0. The number of aromatic nitrogens is 1. The second-order valence-electron chi connectivity index (χ2n) is 13.8. The van der Waals surface area contributed by atoms with Crippen LogP contribution in [0, 0.1) is 0 Å². The Hall–Kier alpha value is -6.10. The summed E-state index contributed by atoms with van der Waals surface area (Å²) in [5.41, 5.74) is 10.6. The molecule has 3 nitrogen and oxygen atoms in total. The molecule has 0 bridgehead atoms. The van der Waals surface area contributed by atoms with Crippen LogP contribution >= 0.6 is 11.3 Å². The molecule has 4 heteroatoms. The quantitative estimate of drug-likeness (QED) is 0.182. The lowest BCUT2D eigenvalue weighted by Gasteiger charge is -2.34. The van der Waals surface area contributed by atoms with E-state index < -0.39 is 0 Å². The molecule has 2 aromatic heterocycles. The van der Waals surface area contributed by atoms with Gasteiger partial charge in [-0.05, 0) is 84.2 Å². The Morgan fingerprint density at radius 1 is 0.788 bits per heavy atom. The average molecular weight is 688 g/mol. The molecule has 1 atom stereocenters. The van der Waals surface area contributed by atoms with Crippen molar-refractivity contribution < 1.29 is 0 Å². The van der Waals surface area contributed by atoms with Gasteiger partial charge >= 0.3 is 0 Å². The van der Waals surface area contributed by atoms with Gasteiger partial charge in [-0.3, -0.25) is 0 Å². The van der Waals surface area contributed by atoms with Crippen molar-refractivity contribution in [3.63, 3.8) is 0 Å². The fraction of sp³-hybridized carbons (Fsp3) is 0.0833. The zero-order chi connectivity index (χ0) is 34.8. The van der Waals surface area contributed by atoms with Gasteiger partial charge in [0.05, 0.1) is 22.6 Å². The summed E-state index contributed by atoms with van der Waals surface area (Å²) in [7, 11) is 2.20. The van der Waals surface area contributed by atoms with Gasteiger partial charge in [0.1, 0.15) is 0 Å². The van der Waals surface area contributed by atoms with Gasteiger partial charge < -0.3 is 14.4 Å². The first kappa shape index (κ1) is 30.7. The molecule has 0 N–H and O–H groups in total. The van der Waals surface area contributed by atoms with Gasteiger partial charge in [-0.2, -0.15) is 0 Å². The number of rotatable bonds is 4. The average Bonchev–Trinajstić information content (AvgIpc) is 3.72. The van der Waals surface area contributed by atoms with Crippen LogP contribution in [0.15, 0.2) is 164 Å². The summed E-state index contributed by atoms with van der Waals surface area (Å²) in [5, 5.41) is 6.24. The fourth-order valence-corrected chi connectivity index (χ4v) is 9.56. The molecule has 0 saturated carbocycles. The third kappa shape index (κ3) is 4.86. The van der Waals surface area contributed by atoms with Crippen LogP contribution in [0.2, 0.25) is 0 Å². The highest BCUT2D eigenvalue weighted by Crippen LogP contribution is 2.41. The van der Waals surface area contributed by atoms with Gasteiger partial charge in [0.25, 0.3) is 0 Å². The normalized spacial score (nSPS) is 18.2. The van der Waals surface area contributed by atoms with Crippen LogP contribution in [0.1, 0.15) is 35.6 Å². The van der Waals surface area contributed by atoms with Gasteiger partial charge in [0.15, 0.2) is 0 Å². The van der Waals surface area contributed by atoms with E-state index in [2.05, 4.69) is 185 Å². The lowest BCUT2D eigenvalue weighted by molar-refractivity contribution is 0.412. The third-order valence-electron chi connectivity index (χ3n) is 10.8. The van der Waals surface area contributed by atoms with Crippen molar-refractivity contribution in [3.8, 4) is 5.69 Å². The molecule has 0 radical (unpaired) electrons. The van der Waals surface area contributed by atoms with Crippen LogP contribution < -0.4 is 15.5 Å². The summed E-state index contributed by atoms with van der Waals surface area (Å²) in [6.07, 6.45) is 20.1. The molecule has 52 heavy (non-hydrogen) atoms. The molecule has 1 aliphatic carbocycles. The minimum atomic E-state index is 0.164. The molecule has 0 spiro atoms. The predicted molar refractivity (Wildman–Crippen MR) is 223 cm³/mol. The first-order valence-corrected chi connectivity index (χ1v) is 18.8. The zero-order valence-electron chi connectivity index (χ0n) is 29.0. The first-order chi connectivity index (χ1) is 25.6. The van der Waals surface area contributed by atoms with Gasteiger partial charge in [0.2, 0.25) is 0 Å². The molecule has 0 fully saturated rings. The number of benzene rings is 5. The number of para-hydroxylation sites is 1. The Labute approximate surface area is 307 Å². The molecular formula is C48H37N3S. The van der Waals surface area contributed by atoms with E-state index in [1.165, 1.54) is 58.8 Å². The van der Waals surface area contributed by atoms with E-state index in [1.807, 2.05) is 11.3 Å². The highest BCUT2D eigenvalue weighted by molar-refractivity contribution is 7.26. The van der Waals surface area contributed by atoms with E-state index in [0.29, 0.717) is 0 Å². The number of allylic oxidation sites excluding steroid dienone is 7. The minimum absolute atomic E-state index is 0.164. The van der Waals surface area contributed by atoms with Crippen LogP contribution in [0.4, 0.5) is 5.69 Å². The van der Waals surface area contributed by atoms with Crippen molar-refractivity contribution in [1.29, 1.82) is 0 Å². The maximum atomic E-state index is 4.83. The molecule has 2 aliphatic heterocycles. The SMILES string of the molecule is C=C1/C=c2\c(n(-c3ccccc3)c3ccc4c5ccccc5sc4c23)=C/N(C2=CC=CCC2)c2ccc(C3=CC=CC(c4ccccc4)N3C)cc21. The number of thiophene rings is 1. The molecule has 0 saturated heterocycles. The highest BCUT2D eigenvalue weighted by atomic mass is 32.1. The maximum absolute atomic E-state index is 4.83. The number of nitrogens with zero attached hydrogens (tertiary/aromatic N) is 3. The second-order valence-corrected chi connectivity index (χ2v) is 14.9.